The molecular formula is C34H38O5. The van der Waals surface area contributed by atoms with Crippen molar-refractivity contribution in [2.75, 3.05) is 20.3 Å². The Balaban J connectivity index is 1.26. The number of ketones is 2. The van der Waals surface area contributed by atoms with Crippen molar-refractivity contribution in [1.82, 2.24) is 0 Å². The van der Waals surface area contributed by atoms with Gasteiger partial charge in [-0.15, -0.1) is 0 Å². The van der Waals surface area contributed by atoms with Gasteiger partial charge < -0.3 is 14.2 Å². The SMILES string of the molecule is COc1ccc([C@]23C=C[C@@]4(CCCC[C@]24C)[C@H]2[C@@H]4C(=O)[C@@H]5[C@@H]([C@@H]6C=C[C@H]5C6)C5(OCCO5)[C@@H]4CC(=O)[C@H]23)cc1. The van der Waals surface area contributed by atoms with Crippen LogP contribution < -0.4 is 4.74 Å². The second kappa shape index (κ2) is 7.33. The van der Waals surface area contributed by atoms with E-state index in [1.807, 2.05) is 12.1 Å². The van der Waals surface area contributed by atoms with Crippen LogP contribution in [0.5, 0.6) is 5.75 Å². The number of carbonyl (C=O) groups excluding carboxylic acids is 2. The molecule has 204 valence electrons. The van der Waals surface area contributed by atoms with Crippen LogP contribution in [0, 0.1) is 58.2 Å². The molecule has 1 aromatic rings. The number of benzene rings is 1. The number of Topliss-reactive ketones (excluding diaryl/α,β-unsaturated/α-hetero) is 2. The molecule has 9 rings (SSSR count). The molecule has 0 unspecified atom stereocenters. The first-order valence-corrected chi connectivity index (χ1v) is 15.3. The standard InChI is InChI=1S/C34H38O5/c1-31-11-3-4-12-32(31)13-14-33(31,21-7-9-22(37-2)10-8-21)28-24(35)18-23-26(29(28)32)30(36)25-19-5-6-20(17-19)27(25)34(23)38-15-16-39-34/h5-10,13-14,19-20,23,25-29H,3-4,11-12,15-18H2,1-2H3/t19-,20+,23+,25-,26+,27+,28+,29-,31-,32-,33-/m0/s1. The third-order valence-electron chi connectivity index (χ3n) is 13.5. The molecule has 39 heavy (non-hydrogen) atoms. The minimum atomic E-state index is -0.797. The van der Waals surface area contributed by atoms with Gasteiger partial charge >= 0.3 is 0 Å². The lowest BCUT2D eigenvalue weighted by Gasteiger charge is -2.59. The molecule has 0 aromatic heterocycles. The van der Waals surface area contributed by atoms with Crippen molar-refractivity contribution in [3.63, 3.8) is 0 Å². The van der Waals surface area contributed by atoms with Gasteiger partial charge in [0.1, 0.15) is 17.3 Å². The molecule has 4 bridgehead atoms. The number of ether oxygens (including phenoxy) is 3. The predicted molar refractivity (Wildman–Crippen MR) is 144 cm³/mol. The Morgan fingerprint density at radius 1 is 0.897 bits per heavy atom. The molecule has 1 saturated heterocycles. The molecule has 1 heterocycles. The molecule has 6 fully saturated rings. The van der Waals surface area contributed by atoms with Gasteiger partial charge in [0.15, 0.2) is 5.79 Å². The van der Waals surface area contributed by atoms with Crippen LogP contribution in [0.4, 0.5) is 0 Å². The van der Waals surface area contributed by atoms with Gasteiger partial charge in [0, 0.05) is 41.4 Å². The lowest BCUT2D eigenvalue weighted by atomic mass is 9.46. The Labute approximate surface area is 230 Å². The quantitative estimate of drug-likeness (QED) is 0.491. The van der Waals surface area contributed by atoms with Crippen molar-refractivity contribution in [1.29, 1.82) is 0 Å². The molecule has 5 saturated carbocycles. The van der Waals surface area contributed by atoms with Crippen LogP contribution in [0.3, 0.4) is 0 Å². The summed E-state index contributed by atoms with van der Waals surface area (Å²) < 4.78 is 18.8. The maximum atomic E-state index is 14.9. The number of allylic oxidation sites excluding steroid dienone is 4. The van der Waals surface area contributed by atoms with Gasteiger partial charge in [0.2, 0.25) is 0 Å². The summed E-state index contributed by atoms with van der Waals surface area (Å²) in [5.74, 6) is 0.823. The summed E-state index contributed by atoms with van der Waals surface area (Å²) in [7, 11) is 1.70. The van der Waals surface area contributed by atoms with Crippen molar-refractivity contribution in [2.45, 2.75) is 56.7 Å². The minimum absolute atomic E-state index is 0.00221. The molecule has 0 radical (unpaired) electrons. The smallest absolute Gasteiger partial charge is 0.176 e. The predicted octanol–water partition coefficient (Wildman–Crippen LogP) is 5.28. The van der Waals surface area contributed by atoms with Crippen molar-refractivity contribution >= 4 is 11.6 Å². The van der Waals surface area contributed by atoms with Gasteiger partial charge in [-0.2, -0.15) is 0 Å². The highest BCUT2D eigenvalue weighted by Crippen LogP contribution is 2.82. The highest BCUT2D eigenvalue weighted by molar-refractivity contribution is 5.94. The highest BCUT2D eigenvalue weighted by Gasteiger charge is 2.82. The van der Waals surface area contributed by atoms with Crippen LogP contribution in [-0.2, 0) is 24.5 Å². The van der Waals surface area contributed by atoms with E-state index in [-0.39, 0.29) is 52.3 Å². The Hall–Kier alpha value is -2.24. The summed E-state index contributed by atoms with van der Waals surface area (Å²) in [5, 5.41) is 0. The molecule has 11 atom stereocenters. The highest BCUT2D eigenvalue weighted by atomic mass is 16.7. The van der Waals surface area contributed by atoms with Gasteiger partial charge in [-0.05, 0) is 65.5 Å². The van der Waals surface area contributed by atoms with Gasteiger partial charge in [0.25, 0.3) is 0 Å². The monoisotopic (exact) mass is 526 g/mol. The summed E-state index contributed by atoms with van der Waals surface area (Å²) in [4.78, 5) is 29.6. The van der Waals surface area contributed by atoms with E-state index in [0.717, 1.165) is 31.4 Å². The first-order valence-electron chi connectivity index (χ1n) is 15.3. The molecule has 1 aromatic carbocycles. The summed E-state index contributed by atoms with van der Waals surface area (Å²) in [6, 6.07) is 8.46. The normalized spacial score (nSPS) is 51.2. The first-order chi connectivity index (χ1) is 18.9. The molecular weight excluding hydrogens is 488 g/mol. The zero-order valence-electron chi connectivity index (χ0n) is 22.9. The Kier molecular flexibility index (Phi) is 4.41. The fourth-order valence-corrected chi connectivity index (χ4v) is 12.4. The number of fused-ring (bicyclic) bond motifs is 11. The number of hydrogen-bond acceptors (Lipinski definition) is 5. The van der Waals surface area contributed by atoms with Crippen molar-refractivity contribution in [2.24, 2.45) is 58.2 Å². The van der Waals surface area contributed by atoms with Gasteiger partial charge in [0.05, 0.1) is 20.3 Å². The third-order valence-corrected chi connectivity index (χ3v) is 13.5. The van der Waals surface area contributed by atoms with Crippen molar-refractivity contribution in [3.05, 3.63) is 54.1 Å². The number of methoxy groups -OCH3 is 1. The average Bonchev–Trinajstić information content (AvgIpc) is 3.76. The summed E-state index contributed by atoms with van der Waals surface area (Å²) in [5.41, 5.74) is 0.535. The minimum Gasteiger partial charge on any atom is -0.497 e. The molecule has 1 aliphatic heterocycles. The molecule has 7 aliphatic carbocycles. The fraction of sp³-hybridized carbons (Fsp3) is 0.647. The average molecular weight is 527 g/mol. The molecule has 8 aliphatic rings. The summed E-state index contributed by atoms with van der Waals surface area (Å²) >= 11 is 0. The Morgan fingerprint density at radius 2 is 1.64 bits per heavy atom. The maximum Gasteiger partial charge on any atom is 0.176 e. The summed E-state index contributed by atoms with van der Waals surface area (Å²) in [6.07, 6.45) is 15.4. The zero-order valence-corrected chi connectivity index (χ0v) is 22.9. The molecule has 5 nitrogen and oxygen atoms in total. The lowest BCUT2D eigenvalue weighted by molar-refractivity contribution is -0.277. The number of rotatable bonds is 2. The fourth-order valence-electron chi connectivity index (χ4n) is 12.4. The second-order valence-corrected chi connectivity index (χ2v) is 14.1. The van der Waals surface area contributed by atoms with E-state index in [0.29, 0.717) is 37.1 Å². The number of carbonyl (C=O) groups is 2. The van der Waals surface area contributed by atoms with E-state index in [1.54, 1.807) is 7.11 Å². The second-order valence-electron chi connectivity index (χ2n) is 14.1. The topological polar surface area (TPSA) is 61.8 Å². The van der Waals surface area contributed by atoms with Gasteiger partial charge in [-0.1, -0.05) is 56.2 Å². The lowest BCUT2D eigenvalue weighted by Crippen LogP contribution is -2.66. The molecule has 0 amide bonds. The Bertz CT molecular complexity index is 1340. The van der Waals surface area contributed by atoms with Gasteiger partial charge in [-0.3, -0.25) is 9.59 Å². The van der Waals surface area contributed by atoms with Crippen LogP contribution in [0.25, 0.3) is 0 Å². The van der Waals surface area contributed by atoms with Crippen LogP contribution in [-0.4, -0.2) is 37.7 Å². The van der Waals surface area contributed by atoms with Gasteiger partial charge in [-0.25, -0.2) is 0 Å². The maximum absolute atomic E-state index is 14.9. The Morgan fingerprint density at radius 3 is 2.41 bits per heavy atom. The third kappa shape index (κ3) is 2.35. The van der Waals surface area contributed by atoms with E-state index in [9.17, 15) is 9.59 Å². The van der Waals surface area contributed by atoms with E-state index in [1.165, 1.54) is 12.0 Å². The van der Waals surface area contributed by atoms with Crippen molar-refractivity contribution in [3.8, 4) is 5.75 Å². The van der Waals surface area contributed by atoms with E-state index < -0.39 is 11.2 Å². The first kappa shape index (κ1) is 23.5. The molecule has 5 heteroatoms. The number of hydrogen-bond donors (Lipinski definition) is 0. The van der Waals surface area contributed by atoms with Crippen LogP contribution >= 0.6 is 0 Å². The van der Waals surface area contributed by atoms with E-state index in [2.05, 4.69) is 43.4 Å². The molecule has 1 spiro atoms. The van der Waals surface area contributed by atoms with E-state index >= 15 is 0 Å². The largest absolute Gasteiger partial charge is 0.497 e. The molecule has 0 N–H and O–H groups in total. The van der Waals surface area contributed by atoms with Crippen LogP contribution in [0.15, 0.2) is 48.6 Å². The van der Waals surface area contributed by atoms with Crippen LogP contribution in [0.2, 0.25) is 0 Å². The summed E-state index contributed by atoms with van der Waals surface area (Å²) in [6.45, 7) is 3.57. The van der Waals surface area contributed by atoms with Crippen LogP contribution in [0.1, 0.15) is 51.0 Å². The zero-order chi connectivity index (χ0) is 26.4. The van der Waals surface area contributed by atoms with Crippen molar-refractivity contribution < 1.29 is 23.8 Å². The van der Waals surface area contributed by atoms with E-state index in [4.69, 9.17) is 14.2 Å².